The van der Waals surface area contributed by atoms with Gasteiger partial charge < -0.3 is 9.63 Å². The molecule has 0 aliphatic carbocycles. The minimum atomic E-state index is -4.40. The fourth-order valence-electron chi connectivity index (χ4n) is 3.99. The van der Waals surface area contributed by atoms with Crippen LogP contribution in [0.5, 0.6) is 0 Å². The van der Waals surface area contributed by atoms with Crippen molar-refractivity contribution >= 4 is 13.8 Å². The van der Waals surface area contributed by atoms with E-state index in [0.29, 0.717) is 12.8 Å². The van der Waals surface area contributed by atoms with Gasteiger partial charge in [-0.1, -0.05) is 87.3 Å². The van der Waals surface area contributed by atoms with E-state index >= 15 is 0 Å². The van der Waals surface area contributed by atoms with Crippen molar-refractivity contribution in [3.05, 3.63) is 29.2 Å². The average Bonchev–Trinajstić information content (AvgIpc) is 2.79. The van der Waals surface area contributed by atoms with Crippen LogP contribution in [0, 0.1) is 4.91 Å². The molecular formula is C26H46NO7P. The number of allylic oxidation sites excluding steroid dienone is 3. The molecule has 8 nitrogen and oxygen atoms in total. The van der Waals surface area contributed by atoms with Crippen molar-refractivity contribution in [1.82, 2.24) is 0 Å². The van der Waals surface area contributed by atoms with Gasteiger partial charge in [-0.2, -0.15) is 4.91 Å². The van der Waals surface area contributed by atoms with Crippen LogP contribution >= 0.6 is 7.82 Å². The first-order valence-corrected chi connectivity index (χ1v) is 14.9. The van der Waals surface area contributed by atoms with Gasteiger partial charge in [-0.3, -0.25) is 13.8 Å². The molecule has 0 amide bonds. The number of nitroso groups, excluding NO2 is 1. The van der Waals surface area contributed by atoms with Crippen molar-refractivity contribution in [1.29, 1.82) is 0 Å². The normalized spacial score (nSPS) is 27.0. The van der Waals surface area contributed by atoms with Crippen LogP contribution in [0.1, 0.15) is 110 Å². The summed E-state index contributed by atoms with van der Waals surface area (Å²) in [6, 6.07) is 0. The Morgan fingerprint density at radius 3 is 2.17 bits per heavy atom. The Labute approximate surface area is 211 Å². The maximum Gasteiger partial charge on any atom is 0.472 e. The number of hydrogen-bond acceptors (Lipinski definition) is 7. The van der Waals surface area contributed by atoms with Gasteiger partial charge in [-0.15, -0.1) is 0 Å². The second-order valence-corrected chi connectivity index (χ2v) is 10.7. The molecule has 0 aromatic heterocycles. The predicted molar refractivity (Wildman–Crippen MR) is 139 cm³/mol. The second kappa shape index (κ2) is 20.8. The van der Waals surface area contributed by atoms with Gasteiger partial charge >= 0.3 is 13.8 Å². The summed E-state index contributed by atoms with van der Waals surface area (Å²) in [5.41, 5.74) is 0. The van der Waals surface area contributed by atoms with Crippen molar-refractivity contribution in [2.75, 3.05) is 13.2 Å². The fraction of sp³-hybridized carbons (Fsp3) is 0.808. The zero-order valence-electron chi connectivity index (χ0n) is 21.5. The number of phosphoric ester groups is 1. The summed E-state index contributed by atoms with van der Waals surface area (Å²) in [5.74, 6) is -0.470. The number of carbonyl (C=O) groups is 1. The Morgan fingerprint density at radius 2 is 1.51 bits per heavy atom. The summed E-state index contributed by atoms with van der Waals surface area (Å²) in [5, 5.41) is 2.60. The van der Waals surface area contributed by atoms with Crippen LogP contribution in [0.2, 0.25) is 0 Å². The number of cyclic esters (lactones) is 1. The summed E-state index contributed by atoms with van der Waals surface area (Å²) in [6.45, 7) is 1.27. The monoisotopic (exact) mass is 515 g/mol. The molecule has 202 valence electrons. The Balaban J connectivity index is 2.63. The molecule has 0 bridgehead atoms. The molecule has 0 radical (unpaired) electrons. The molecule has 1 aliphatic heterocycles. The van der Waals surface area contributed by atoms with Crippen LogP contribution in [0.25, 0.3) is 0 Å². The van der Waals surface area contributed by atoms with E-state index in [1.807, 2.05) is 13.0 Å². The number of carbonyl (C=O) groups excluding carboxylic acids is 1. The average molecular weight is 516 g/mol. The lowest BCUT2D eigenvalue weighted by molar-refractivity contribution is -0.150. The van der Waals surface area contributed by atoms with Crippen LogP contribution in [0.15, 0.2) is 29.5 Å². The largest absolute Gasteiger partial charge is 0.472 e. The highest BCUT2D eigenvalue weighted by Gasteiger charge is 2.28. The van der Waals surface area contributed by atoms with Crippen LogP contribution in [-0.2, 0) is 23.1 Å². The SMILES string of the molecule is C[C@H]1C/C=C/CC/C=C\CCCCCCCCCCCC[C@H](OP(=O)(O)OCCN=O)CC(=O)O1. The van der Waals surface area contributed by atoms with Crippen molar-refractivity contribution < 1.29 is 28.0 Å². The van der Waals surface area contributed by atoms with E-state index in [0.717, 1.165) is 38.5 Å². The standard InChI is InChI=1S/C26H46NO7P/c1-24-19-17-15-13-11-9-7-5-3-2-4-6-8-10-12-14-16-18-20-25(23-26(28)33-24)34-35(30,31)32-22-21-27-29/h7,9,15,17,24-25H,2-6,8,10-14,16,18-23H2,1H3,(H,30,31)/b9-7-,17-15+/t24-,25-/m0/s1. The lowest BCUT2D eigenvalue weighted by Gasteiger charge is -2.21. The third-order valence-corrected chi connectivity index (χ3v) is 6.97. The fourth-order valence-corrected chi connectivity index (χ4v) is 4.92. The van der Waals surface area contributed by atoms with Gasteiger partial charge in [0, 0.05) is 6.42 Å². The molecule has 1 heterocycles. The first-order valence-electron chi connectivity index (χ1n) is 13.4. The number of ether oxygens (including phenoxy) is 1. The zero-order valence-corrected chi connectivity index (χ0v) is 22.4. The third-order valence-electron chi connectivity index (χ3n) is 5.89. The van der Waals surface area contributed by atoms with Crippen molar-refractivity contribution in [3.8, 4) is 0 Å². The van der Waals surface area contributed by atoms with Crippen LogP contribution < -0.4 is 0 Å². The molecule has 35 heavy (non-hydrogen) atoms. The molecule has 0 aromatic carbocycles. The maximum atomic E-state index is 12.5. The molecule has 1 unspecified atom stereocenters. The minimum absolute atomic E-state index is 0.126. The molecule has 0 aromatic rings. The van der Waals surface area contributed by atoms with E-state index in [1.54, 1.807) is 0 Å². The van der Waals surface area contributed by atoms with Crippen molar-refractivity contribution in [3.63, 3.8) is 0 Å². The summed E-state index contributed by atoms with van der Waals surface area (Å²) >= 11 is 0. The van der Waals surface area contributed by atoms with Crippen molar-refractivity contribution in [2.24, 2.45) is 5.18 Å². The lowest BCUT2D eigenvalue weighted by Crippen LogP contribution is -2.22. The lowest BCUT2D eigenvalue weighted by atomic mass is 10.0. The highest BCUT2D eigenvalue weighted by molar-refractivity contribution is 7.47. The summed E-state index contributed by atoms with van der Waals surface area (Å²) in [7, 11) is -4.40. The zero-order chi connectivity index (χ0) is 25.6. The highest BCUT2D eigenvalue weighted by Crippen LogP contribution is 2.45. The molecule has 3 atom stereocenters. The topological polar surface area (TPSA) is 111 Å². The van der Waals surface area contributed by atoms with Gasteiger partial charge in [0.05, 0.1) is 19.1 Å². The van der Waals surface area contributed by atoms with E-state index in [9.17, 15) is 19.2 Å². The highest BCUT2D eigenvalue weighted by atomic mass is 31.2. The number of nitrogens with zero attached hydrogens (tertiary/aromatic N) is 1. The molecular weight excluding hydrogens is 469 g/mol. The first-order chi connectivity index (χ1) is 16.9. The second-order valence-electron chi connectivity index (χ2n) is 9.26. The quantitative estimate of drug-likeness (QED) is 0.128. The molecule has 0 saturated carbocycles. The molecule has 1 rings (SSSR count). The maximum absolute atomic E-state index is 12.5. The number of rotatable bonds is 6. The van der Waals surface area contributed by atoms with Crippen molar-refractivity contribution in [2.45, 2.75) is 122 Å². The Bertz CT molecular complexity index is 668. The van der Waals surface area contributed by atoms with Crippen LogP contribution in [0.4, 0.5) is 0 Å². The predicted octanol–water partition coefficient (Wildman–Crippen LogP) is 7.55. The smallest absolute Gasteiger partial charge is 0.462 e. The summed E-state index contributed by atoms with van der Waals surface area (Å²) in [6.07, 6.45) is 23.3. The Kier molecular flexibility index (Phi) is 18.8. The van der Waals surface area contributed by atoms with Gasteiger partial charge in [-0.05, 0) is 39.0 Å². The number of hydrogen-bond donors (Lipinski definition) is 1. The molecule has 1 aliphatic rings. The third kappa shape index (κ3) is 19.5. The molecule has 0 fully saturated rings. The van der Waals surface area contributed by atoms with Crippen LogP contribution in [0.3, 0.4) is 0 Å². The first kappa shape index (κ1) is 31.7. The summed E-state index contributed by atoms with van der Waals surface area (Å²) < 4.78 is 27.8. The van der Waals surface area contributed by atoms with E-state index in [-0.39, 0.29) is 25.7 Å². The number of esters is 1. The molecule has 9 heteroatoms. The van der Waals surface area contributed by atoms with E-state index in [4.69, 9.17) is 13.8 Å². The Hall–Kier alpha value is -1.34. The Morgan fingerprint density at radius 1 is 0.943 bits per heavy atom. The van der Waals surface area contributed by atoms with Gasteiger partial charge in [0.25, 0.3) is 0 Å². The summed E-state index contributed by atoms with van der Waals surface area (Å²) in [4.78, 5) is 32.6. The molecule has 1 N–H and O–H groups in total. The molecule has 0 spiro atoms. The van der Waals surface area contributed by atoms with Gasteiger partial charge in [0.2, 0.25) is 0 Å². The minimum Gasteiger partial charge on any atom is -0.462 e. The van der Waals surface area contributed by atoms with Gasteiger partial charge in [-0.25, -0.2) is 4.57 Å². The van der Waals surface area contributed by atoms with Gasteiger partial charge in [0.1, 0.15) is 12.6 Å². The van der Waals surface area contributed by atoms with E-state index in [2.05, 4.69) is 23.4 Å². The van der Waals surface area contributed by atoms with Gasteiger partial charge in [0.15, 0.2) is 0 Å². The molecule has 0 saturated heterocycles. The van der Waals surface area contributed by atoms with E-state index < -0.39 is 19.9 Å². The number of phosphoric acid groups is 1. The van der Waals surface area contributed by atoms with E-state index in [1.165, 1.54) is 44.9 Å². The van der Waals surface area contributed by atoms with Crippen LogP contribution in [-0.4, -0.2) is 36.2 Å².